The summed E-state index contributed by atoms with van der Waals surface area (Å²) in [6.07, 6.45) is 2.98. The number of sulfonamides is 1. The lowest BCUT2D eigenvalue weighted by atomic mass is 10.1. The van der Waals surface area contributed by atoms with Gasteiger partial charge in [0.15, 0.2) is 5.82 Å². The van der Waals surface area contributed by atoms with Crippen molar-refractivity contribution >= 4 is 61.6 Å². The van der Waals surface area contributed by atoms with E-state index in [1.54, 1.807) is 10.7 Å². The van der Waals surface area contributed by atoms with Crippen LogP contribution < -0.4 is 14.8 Å². The van der Waals surface area contributed by atoms with Crippen molar-refractivity contribution in [2.75, 3.05) is 18.4 Å². The minimum absolute atomic E-state index is 0.0411. The van der Waals surface area contributed by atoms with Crippen molar-refractivity contribution in [2.45, 2.75) is 56.3 Å². The SMILES string of the molecule is CCCCCOC(=O)CCC(=O)NCc1cccc(Cn2nc(NS(=O)(=O)c3ccc(Cl)s3)c3c(OC)cccc32)c1. The quantitative estimate of drug-likeness (QED) is 0.126. The molecule has 42 heavy (non-hydrogen) atoms. The molecule has 4 aromatic rings. The van der Waals surface area contributed by atoms with Crippen LogP contribution in [-0.2, 0) is 37.4 Å². The van der Waals surface area contributed by atoms with Crippen molar-refractivity contribution in [3.8, 4) is 5.75 Å². The Morgan fingerprint density at radius 3 is 2.57 bits per heavy atom. The molecule has 2 aromatic carbocycles. The van der Waals surface area contributed by atoms with Crippen molar-refractivity contribution in [3.63, 3.8) is 0 Å². The van der Waals surface area contributed by atoms with Gasteiger partial charge in [0.05, 0.1) is 41.9 Å². The monoisotopic (exact) mass is 632 g/mol. The van der Waals surface area contributed by atoms with Crippen LogP contribution >= 0.6 is 22.9 Å². The highest BCUT2D eigenvalue weighted by Crippen LogP contribution is 2.35. The molecule has 0 aliphatic rings. The van der Waals surface area contributed by atoms with Crippen molar-refractivity contribution in [2.24, 2.45) is 0 Å². The summed E-state index contributed by atoms with van der Waals surface area (Å²) in [7, 11) is -2.41. The number of hydrogen-bond acceptors (Lipinski definition) is 8. The number of unbranched alkanes of at least 4 members (excludes halogenated alkanes) is 2. The molecule has 4 rings (SSSR count). The maximum absolute atomic E-state index is 13.0. The van der Waals surface area contributed by atoms with Crippen molar-refractivity contribution in [1.29, 1.82) is 0 Å². The Morgan fingerprint density at radius 2 is 1.83 bits per heavy atom. The number of amides is 1. The molecule has 10 nitrogen and oxygen atoms in total. The van der Waals surface area contributed by atoms with Gasteiger partial charge in [-0.2, -0.15) is 5.10 Å². The van der Waals surface area contributed by atoms with Crippen LogP contribution in [-0.4, -0.2) is 43.8 Å². The summed E-state index contributed by atoms with van der Waals surface area (Å²) in [6, 6.07) is 16.0. The minimum atomic E-state index is -3.92. The summed E-state index contributed by atoms with van der Waals surface area (Å²) in [5.74, 6) is 0.00783. The molecule has 0 bridgehead atoms. The summed E-state index contributed by atoms with van der Waals surface area (Å²) in [4.78, 5) is 24.1. The molecule has 0 spiro atoms. The fraction of sp³-hybridized carbons (Fsp3) is 0.345. The number of nitrogens with one attached hydrogen (secondary N) is 2. The zero-order valence-corrected chi connectivity index (χ0v) is 25.8. The minimum Gasteiger partial charge on any atom is -0.496 e. The molecule has 0 radical (unpaired) electrons. The van der Waals surface area contributed by atoms with E-state index in [2.05, 4.69) is 22.1 Å². The van der Waals surface area contributed by atoms with Crippen LogP contribution in [0.5, 0.6) is 5.75 Å². The molecular formula is C29H33ClN4O6S2. The molecule has 224 valence electrons. The smallest absolute Gasteiger partial charge is 0.306 e. The Labute approximate surface area is 254 Å². The number of fused-ring (bicyclic) bond motifs is 1. The van der Waals surface area contributed by atoms with Crippen LogP contribution in [0, 0.1) is 0 Å². The molecular weight excluding hydrogens is 600 g/mol. The third-order valence-corrected chi connectivity index (χ3v) is 9.45. The average molecular weight is 633 g/mol. The van der Waals surface area contributed by atoms with E-state index in [1.807, 2.05) is 36.4 Å². The van der Waals surface area contributed by atoms with E-state index in [0.29, 0.717) is 40.7 Å². The van der Waals surface area contributed by atoms with Gasteiger partial charge in [0, 0.05) is 13.0 Å². The van der Waals surface area contributed by atoms with Gasteiger partial charge in [0.2, 0.25) is 5.91 Å². The second-order valence-electron chi connectivity index (χ2n) is 9.55. The zero-order valence-electron chi connectivity index (χ0n) is 23.4. The van der Waals surface area contributed by atoms with Gasteiger partial charge < -0.3 is 14.8 Å². The first-order valence-corrected chi connectivity index (χ1v) is 16.2. The van der Waals surface area contributed by atoms with Crippen molar-refractivity contribution < 1.29 is 27.5 Å². The third kappa shape index (κ3) is 8.24. The highest BCUT2D eigenvalue weighted by Gasteiger charge is 2.23. The number of ether oxygens (including phenoxy) is 2. The van der Waals surface area contributed by atoms with E-state index in [4.69, 9.17) is 21.1 Å². The molecule has 1 amide bonds. The normalized spacial score (nSPS) is 11.4. The van der Waals surface area contributed by atoms with Crippen LogP contribution in [0.25, 0.3) is 10.9 Å². The lowest BCUT2D eigenvalue weighted by Gasteiger charge is -2.09. The molecule has 2 heterocycles. The van der Waals surface area contributed by atoms with Gasteiger partial charge >= 0.3 is 5.97 Å². The van der Waals surface area contributed by atoms with E-state index >= 15 is 0 Å². The molecule has 0 aliphatic heterocycles. The van der Waals surface area contributed by atoms with Crippen LogP contribution in [0.3, 0.4) is 0 Å². The maximum Gasteiger partial charge on any atom is 0.306 e. The summed E-state index contributed by atoms with van der Waals surface area (Å²) >= 11 is 6.91. The van der Waals surface area contributed by atoms with Gasteiger partial charge in [0.25, 0.3) is 10.0 Å². The summed E-state index contributed by atoms with van der Waals surface area (Å²) < 4.78 is 41.5. The molecule has 2 aromatic heterocycles. The van der Waals surface area contributed by atoms with E-state index in [9.17, 15) is 18.0 Å². The molecule has 13 heteroatoms. The second-order valence-corrected chi connectivity index (χ2v) is 13.2. The second kappa shape index (κ2) is 14.5. The highest BCUT2D eigenvalue weighted by molar-refractivity contribution is 7.94. The highest BCUT2D eigenvalue weighted by atomic mass is 35.5. The topological polar surface area (TPSA) is 129 Å². The number of rotatable bonds is 15. The van der Waals surface area contributed by atoms with Gasteiger partial charge in [-0.1, -0.05) is 61.7 Å². The Kier molecular flexibility index (Phi) is 10.8. The summed E-state index contributed by atoms with van der Waals surface area (Å²) in [5, 5.41) is 7.96. The fourth-order valence-electron chi connectivity index (χ4n) is 4.30. The number of methoxy groups -OCH3 is 1. The van der Waals surface area contributed by atoms with E-state index < -0.39 is 10.0 Å². The van der Waals surface area contributed by atoms with E-state index in [-0.39, 0.29) is 34.7 Å². The van der Waals surface area contributed by atoms with Crippen LogP contribution in [0.4, 0.5) is 5.82 Å². The van der Waals surface area contributed by atoms with Crippen molar-refractivity contribution in [1.82, 2.24) is 15.1 Å². The van der Waals surface area contributed by atoms with Gasteiger partial charge in [-0.25, -0.2) is 8.42 Å². The van der Waals surface area contributed by atoms with Gasteiger partial charge in [0.1, 0.15) is 9.96 Å². The number of hydrogen-bond donors (Lipinski definition) is 2. The first-order valence-electron chi connectivity index (χ1n) is 13.5. The maximum atomic E-state index is 13.0. The molecule has 0 atom stereocenters. The van der Waals surface area contributed by atoms with Gasteiger partial charge in [-0.15, -0.1) is 11.3 Å². The Morgan fingerprint density at radius 1 is 1.05 bits per heavy atom. The largest absolute Gasteiger partial charge is 0.496 e. The Hall–Kier alpha value is -3.61. The lowest BCUT2D eigenvalue weighted by Crippen LogP contribution is -2.23. The summed E-state index contributed by atoms with van der Waals surface area (Å²) in [5.41, 5.74) is 2.44. The number of benzene rings is 2. The zero-order chi connectivity index (χ0) is 30.1. The molecule has 0 aliphatic carbocycles. The average Bonchev–Trinajstić information content (AvgIpc) is 3.57. The molecule has 0 saturated heterocycles. The van der Waals surface area contributed by atoms with E-state index in [1.165, 1.54) is 19.2 Å². The predicted octanol–water partition coefficient (Wildman–Crippen LogP) is 5.74. The first-order chi connectivity index (χ1) is 20.2. The van der Waals surface area contributed by atoms with Crippen LogP contribution in [0.1, 0.15) is 50.2 Å². The molecule has 0 fully saturated rings. The Bertz CT molecular complexity index is 1650. The van der Waals surface area contributed by atoms with Gasteiger partial charge in [-0.05, 0) is 41.8 Å². The first kappa shape index (κ1) is 31.3. The molecule has 0 unspecified atom stereocenters. The van der Waals surface area contributed by atoms with E-state index in [0.717, 1.165) is 41.7 Å². The lowest BCUT2D eigenvalue weighted by molar-refractivity contribution is -0.145. The van der Waals surface area contributed by atoms with Gasteiger partial charge in [-0.3, -0.25) is 19.0 Å². The van der Waals surface area contributed by atoms with Crippen LogP contribution in [0.15, 0.2) is 58.8 Å². The number of aromatic nitrogens is 2. The fourth-order valence-corrected chi connectivity index (χ4v) is 6.80. The van der Waals surface area contributed by atoms with Crippen molar-refractivity contribution in [3.05, 3.63) is 70.1 Å². The predicted molar refractivity (Wildman–Crippen MR) is 164 cm³/mol. The number of anilines is 1. The molecule has 2 N–H and O–H groups in total. The Balaban J connectivity index is 1.44. The number of carbonyl (C=O) groups is 2. The number of carbonyl (C=O) groups excluding carboxylic acids is 2. The third-order valence-electron chi connectivity index (χ3n) is 6.38. The number of halogens is 1. The summed E-state index contributed by atoms with van der Waals surface area (Å²) in [6.45, 7) is 3.09. The number of esters is 1. The number of nitrogens with zero attached hydrogens (tertiary/aromatic N) is 2. The molecule has 0 saturated carbocycles. The number of thiophene rings is 1. The van der Waals surface area contributed by atoms with Crippen LogP contribution in [0.2, 0.25) is 4.34 Å². The standard InChI is InChI=1S/C29H33ClN4O6S2/c1-3-4-5-16-40-26(36)14-13-25(35)31-18-20-8-6-9-21(17-20)19-34-22-10-7-11-23(39-2)28(22)29(32-34)33-42(37,38)27-15-12-24(30)41-27/h6-12,15,17H,3-5,13-14,16,18-19H2,1-2H3,(H,31,35)(H,32,33).